The minimum atomic E-state index is -0.723. The maximum atomic E-state index is 12.1. The van der Waals surface area contributed by atoms with Crippen LogP contribution in [-0.2, 0) is 9.53 Å². The van der Waals surface area contributed by atoms with E-state index in [9.17, 15) is 19.5 Å². The molecule has 1 saturated carbocycles. The Bertz CT molecular complexity index is 675. The van der Waals surface area contributed by atoms with Crippen molar-refractivity contribution in [2.24, 2.45) is 0 Å². The van der Waals surface area contributed by atoms with Gasteiger partial charge in [-0.2, -0.15) is 0 Å². The highest BCUT2D eigenvalue weighted by molar-refractivity contribution is 5.97. The minimum Gasteiger partial charge on any atom is -0.451 e. The van der Waals surface area contributed by atoms with E-state index >= 15 is 0 Å². The molecule has 1 aromatic rings. The molecule has 4 N–H and O–H groups in total. The summed E-state index contributed by atoms with van der Waals surface area (Å²) >= 11 is 0. The number of hydrogen-bond donors (Lipinski definition) is 4. The van der Waals surface area contributed by atoms with Crippen molar-refractivity contribution in [2.75, 3.05) is 6.61 Å². The predicted molar refractivity (Wildman–Crippen MR) is 94.7 cm³/mol. The molecule has 0 saturated heterocycles. The maximum Gasteiger partial charge on any atom is 0.355 e. The van der Waals surface area contributed by atoms with Crippen LogP contribution in [0.1, 0.15) is 72.4 Å². The average molecular weight is 365 g/mol. The van der Waals surface area contributed by atoms with Gasteiger partial charge in [0.05, 0.1) is 6.10 Å². The first-order valence-corrected chi connectivity index (χ1v) is 8.94. The van der Waals surface area contributed by atoms with Crippen LogP contribution in [0.3, 0.4) is 0 Å². The largest absolute Gasteiger partial charge is 0.451 e. The Morgan fingerprint density at radius 3 is 2.46 bits per heavy atom. The first-order valence-electron chi connectivity index (χ1n) is 8.94. The third kappa shape index (κ3) is 5.08. The van der Waals surface area contributed by atoms with Crippen LogP contribution in [0.15, 0.2) is 0 Å². The molecule has 0 aliphatic heterocycles. The number of carbonyl (C=O) groups excluding carboxylic acids is 3. The van der Waals surface area contributed by atoms with Crippen molar-refractivity contribution in [2.45, 2.75) is 65.0 Å². The lowest BCUT2D eigenvalue weighted by Crippen LogP contribution is -2.46. The van der Waals surface area contributed by atoms with Crippen LogP contribution in [0, 0.1) is 13.8 Å². The summed E-state index contributed by atoms with van der Waals surface area (Å²) < 4.78 is 4.97. The number of ether oxygens (including phenoxy) is 1. The summed E-state index contributed by atoms with van der Waals surface area (Å²) in [6, 6.07) is -0.483. The SMILES string of the molecule is Cc1[nH]c(C(=O)OCC(=O)NC(=O)NC2CCCCC2)c(C)c1[C@@H](C)O. The number of nitrogens with one attached hydrogen (secondary N) is 3. The molecule has 1 aliphatic carbocycles. The average Bonchev–Trinajstić information content (AvgIpc) is 2.88. The number of carbonyl (C=O) groups is 3. The summed E-state index contributed by atoms with van der Waals surface area (Å²) in [7, 11) is 0. The zero-order valence-electron chi connectivity index (χ0n) is 15.5. The van der Waals surface area contributed by atoms with Crippen molar-refractivity contribution in [3.05, 3.63) is 22.5 Å². The molecule has 8 heteroatoms. The number of aromatic nitrogens is 1. The molecule has 8 nitrogen and oxygen atoms in total. The summed E-state index contributed by atoms with van der Waals surface area (Å²) in [6.45, 7) is 4.49. The van der Waals surface area contributed by atoms with Crippen LogP contribution in [-0.4, -0.2) is 40.6 Å². The summed E-state index contributed by atoms with van der Waals surface area (Å²) in [5.41, 5.74) is 2.07. The monoisotopic (exact) mass is 365 g/mol. The standard InChI is InChI=1S/C18H27N3O5/c1-10-15(12(3)22)11(2)19-16(10)17(24)26-9-14(23)21-18(25)20-13-7-5-4-6-8-13/h12-13,19,22H,4-9H2,1-3H3,(H2,20,21,23,25)/t12-/m1/s1. The number of imide groups is 1. The van der Waals surface area contributed by atoms with Crippen LogP contribution in [0.5, 0.6) is 0 Å². The van der Waals surface area contributed by atoms with Crippen molar-refractivity contribution in [3.63, 3.8) is 0 Å². The topological polar surface area (TPSA) is 121 Å². The molecule has 0 aromatic carbocycles. The molecule has 0 bridgehead atoms. The van der Waals surface area contributed by atoms with Gasteiger partial charge in [0.15, 0.2) is 6.61 Å². The third-order valence-electron chi connectivity index (χ3n) is 4.65. The second-order valence-corrected chi connectivity index (χ2v) is 6.77. The van der Waals surface area contributed by atoms with Gasteiger partial charge in [-0.1, -0.05) is 19.3 Å². The molecule has 0 radical (unpaired) electrons. The number of H-pyrrole nitrogens is 1. The van der Waals surface area contributed by atoms with Gasteiger partial charge in [0.1, 0.15) is 5.69 Å². The van der Waals surface area contributed by atoms with Gasteiger partial charge in [-0.05, 0) is 39.2 Å². The molecule has 3 amide bonds. The Balaban J connectivity index is 1.82. The van der Waals surface area contributed by atoms with Crippen LogP contribution >= 0.6 is 0 Å². The van der Waals surface area contributed by atoms with Gasteiger partial charge in [-0.15, -0.1) is 0 Å². The zero-order valence-corrected chi connectivity index (χ0v) is 15.5. The Labute approximate surface area is 152 Å². The van der Waals surface area contributed by atoms with Gasteiger partial charge >= 0.3 is 12.0 Å². The summed E-state index contributed by atoms with van der Waals surface area (Å²) in [6.07, 6.45) is 4.41. The second-order valence-electron chi connectivity index (χ2n) is 6.77. The lowest BCUT2D eigenvalue weighted by Gasteiger charge is -2.22. The highest BCUT2D eigenvalue weighted by atomic mass is 16.5. The van der Waals surface area contributed by atoms with E-state index in [1.165, 1.54) is 6.42 Å². The first kappa shape index (κ1) is 20.0. The maximum absolute atomic E-state index is 12.1. The zero-order chi connectivity index (χ0) is 19.3. The minimum absolute atomic E-state index is 0.0857. The van der Waals surface area contributed by atoms with Gasteiger partial charge in [-0.25, -0.2) is 9.59 Å². The van der Waals surface area contributed by atoms with E-state index in [2.05, 4.69) is 15.6 Å². The molecule has 0 spiro atoms. The Morgan fingerprint density at radius 2 is 1.88 bits per heavy atom. The molecule has 1 atom stereocenters. The third-order valence-corrected chi connectivity index (χ3v) is 4.65. The van der Waals surface area contributed by atoms with Crippen molar-refractivity contribution >= 4 is 17.9 Å². The van der Waals surface area contributed by atoms with E-state index < -0.39 is 30.6 Å². The number of aliphatic hydroxyl groups excluding tert-OH is 1. The number of rotatable bonds is 5. The molecular weight excluding hydrogens is 338 g/mol. The molecule has 26 heavy (non-hydrogen) atoms. The number of aromatic amines is 1. The fourth-order valence-electron chi connectivity index (χ4n) is 3.43. The second kappa shape index (κ2) is 8.84. The summed E-state index contributed by atoms with van der Waals surface area (Å²) in [5.74, 6) is -1.40. The van der Waals surface area contributed by atoms with Gasteiger partial charge in [-0.3, -0.25) is 10.1 Å². The van der Waals surface area contributed by atoms with Crippen molar-refractivity contribution in [1.29, 1.82) is 0 Å². The predicted octanol–water partition coefficient (Wildman–Crippen LogP) is 2.00. The molecule has 1 heterocycles. The lowest BCUT2D eigenvalue weighted by molar-refractivity contribution is -0.123. The number of aliphatic hydroxyl groups is 1. The Kier molecular flexibility index (Phi) is 6.79. The number of urea groups is 1. The van der Waals surface area contributed by atoms with Crippen LogP contribution in [0.25, 0.3) is 0 Å². The van der Waals surface area contributed by atoms with E-state index in [1.807, 2.05) is 0 Å². The fourth-order valence-corrected chi connectivity index (χ4v) is 3.43. The van der Waals surface area contributed by atoms with Crippen molar-refractivity contribution in [1.82, 2.24) is 15.6 Å². The molecule has 1 aromatic heterocycles. The van der Waals surface area contributed by atoms with Gasteiger partial charge in [0, 0.05) is 17.3 Å². The van der Waals surface area contributed by atoms with Gasteiger partial charge in [0.2, 0.25) is 0 Å². The van der Waals surface area contributed by atoms with Crippen LogP contribution < -0.4 is 10.6 Å². The van der Waals surface area contributed by atoms with E-state index in [0.717, 1.165) is 25.7 Å². The Morgan fingerprint density at radius 1 is 1.23 bits per heavy atom. The van der Waals surface area contributed by atoms with Crippen molar-refractivity contribution in [3.8, 4) is 0 Å². The fraction of sp³-hybridized carbons (Fsp3) is 0.611. The quantitative estimate of drug-likeness (QED) is 0.595. The number of hydrogen-bond acceptors (Lipinski definition) is 5. The molecule has 1 fully saturated rings. The highest BCUT2D eigenvalue weighted by Gasteiger charge is 2.22. The lowest BCUT2D eigenvalue weighted by atomic mass is 9.96. The van der Waals surface area contributed by atoms with Crippen LogP contribution in [0.2, 0.25) is 0 Å². The molecular formula is C18H27N3O5. The van der Waals surface area contributed by atoms with Crippen LogP contribution in [0.4, 0.5) is 4.79 Å². The Hall–Kier alpha value is -2.35. The van der Waals surface area contributed by atoms with Gasteiger partial charge in [0.25, 0.3) is 5.91 Å². The number of aryl methyl sites for hydroxylation is 1. The summed E-state index contributed by atoms with van der Waals surface area (Å²) in [4.78, 5) is 38.6. The van der Waals surface area contributed by atoms with Gasteiger partial charge < -0.3 is 20.1 Å². The smallest absolute Gasteiger partial charge is 0.355 e. The number of amides is 3. The normalized spacial score (nSPS) is 16.0. The van der Waals surface area contributed by atoms with E-state index in [4.69, 9.17) is 4.74 Å². The highest BCUT2D eigenvalue weighted by Crippen LogP contribution is 2.24. The molecule has 2 rings (SSSR count). The molecule has 144 valence electrons. The van der Waals surface area contributed by atoms with E-state index in [0.29, 0.717) is 16.8 Å². The van der Waals surface area contributed by atoms with E-state index in [-0.39, 0.29) is 11.7 Å². The molecule has 1 aliphatic rings. The van der Waals surface area contributed by atoms with Crippen molar-refractivity contribution < 1.29 is 24.2 Å². The number of esters is 1. The van der Waals surface area contributed by atoms with E-state index in [1.54, 1.807) is 20.8 Å². The molecule has 0 unspecified atom stereocenters. The first-order chi connectivity index (χ1) is 12.3. The summed E-state index contributed by atoms with van der Waals surface area (Å²) in [5, 5.41) is 14.7.